The number of hydrogen-bond donors (Lipinski definition) is 1. The molecule has 1 heterocycles. The first-order valence-corrected chi connectivity index (χ1v) is 7.64. The monoisotopic (exact) mass is 312 g/mol. The van der Waals surface area contributed by atoms with E-state index in [2.05, 4.69) is 9.97 Å². The zero-order chi connectivity index (χ0) is 16.4. The number of ether oxygens (including phenoxy) is 3. The van der Waals surface area contributed by atoms with Crippen molar-refractivity contribution in [1.29, 1.82) is 0 Å². The standard InChI is InChI=1S/C15H24N2O5/c1-4-7-20-10-11-16-12(14(18)21-8-5-2)13(17-11)15(19)22-9-6-3/h4-10H2,1-3H3,(H,16,17). The van der Waals surface area contributed by atoms with Gasteiger partial charge in [0, 0.05) is 6.61 Å². The zero-order valence-electron chi connectivity index (χ0n) is 13.4. The molecule has 1 aromatic heterocycles. The largest absolute Gasteiger partial charge is 0.461 e. The van der Waals surface area contributed by atoms with Crippen LogP contribution in [0.3, 0.4) is 0 Å². The summed E-state index contributed by atoms with van der Waals surface area (Å²) < 4.78 is 15.5. The molecule has 0 radical (unpaired) electrons. The molecule has 124 valence electrons. The van der Waals surface area contributed by atoms with Crippen molar-refractivity contribution in [2.75, 3.05) is 19.8 Å². The molecule has 0 bridgehead atoms. The van der Waals surface area contributed by atoms with Crippen LogP contribution in [0.5, 0.6) is 0 Å². The molecule has 0 aromatic carbocycles. The molecule has 0 saturated heterocycles. The van der Waals surface area contributed by atoms with E-state index in [1.54, 1.807) is 0 Å². The third-order valence-corrected chi connectivity index (χ3v) is 2.61. The second-order valence-corrected chi connectivity index (χ2v) is 4.73. The van der Waals surface area contributed by atoms with E-state index < -0.39 is 11.9 Å². The Morgan fingerprint density at radius 2 is 1.55 bits per heavy atom. The average Bonchev–Trinajstić information content (AvgIpc) is 2.95. The van der Waals surface area contributed by atoms with Gasteiger partial charge in [-0.05, 0) is 19.3 Å². The first-order chi connectivity index (χ1) is 10.6. The van der Waals surface area contributed by atoms with Gasteiger partial charge in [0.15, 0.2) is 11.4 Å². The molecule has 0 saturated carbocycles. The molecule has 7 heteroatoms. The first kappa shape index (κ1) is 18.2. The summed E-state index contributed by atoms with van der Waals surface area (Å²) in [6.45, 7) is 7.09. The van der Waals surface area contributed by atoms with E-state index in [-0.39, 0.29) is 31.2 Å². The molecule has 7 nitrogen and oxygen atoms in total. The van der Waals surface area contributed by atoms with E-state index in [0.29, 0.717) is 25.3 Å². The van der Waals surface area contributed by atoms with Gasteiger partial charge in [-0.1, -0.05) is 20.8 Å². The molecular weight excluding hydrogens is 288 g/mol. The number of hydrogen-bond acceptors (Lipinski definition) is 6. The number of H-pyrrole nitrogens is 1. The molecule has 1 N–H and O–H groups in total. The Hall–Kier alpha value is -1.89. The van der Waals surface area contributed by atoms with Crippen LogP contribution in [0.15, 0.2) is 0 Å². The Balaban J connectivity index is 2.88. The van der Waals surface area contributed by atoms with Gasteiger partial charge in [-0.3, -0.25) is 0 Å². The Bertz CT molecular complexity index is 447. The van der Waals surface area contributed by atoms with Gasteiger partial charge in [0.25, 0.3) is 0 Å². The van der Waals surface area contributed by atoms with E-state index in [4.69, 9.17) is 14.2 Å². The Morgan fingerprint density at radius 1 is 0.955 bits per heavy atom. The second-order valence-electron chi connectivity index (χ2n) is 4.73. The van der Waals surface area contributed by atoms with Crippen LogP contribution in [-0.4, -0.2) is 41.7 Å². The molecule has 0 aliphatic rings. The highest BCUT2D eigenvalue weighted by molar-refractivity contribution is 6.00. The molecule has 0 amide bonds. The number of esters is 2. The Morgan fingerprint density at radius 3 is 2.14 bits per heavy atom. The molecule has 0 aliphatic heterocycles. The van der Waals surface area contributed by atoms with E-state index >= 15 is 0 Å². The SMILES string of the molecule is CCCOCc1nc(C(=O)OCCC)c(C(=O)OCCC)[nH]1. The number of aromatic nitrogens is 2. The van der Waals surface area contributed by atoms with E-state index in [9.17, 15) is 9.59 Å². The van der Waals surface area contributed by atoms with Gasteiger partial charge in [-0.25, -0.2) is 14.6 Å². The van der Waals surface area contributed by atoms with E-state index in [1.165, 1.54) is 0 Å². The van der Waals surface area contributed by atoms with Crippen LogP contribution in [-0.2, 0) is 20.8 Å². The van der Waals surface area contributed by atoms with Gasteiger partial charge in [0.1, 0.15) is 12.4 Å². The van der Waals surface area contributed by atoms with Gasteiger partial charge in [0.2, 0.25) is 0 Å². The smallest absolute Gasteiger partial charge is 0.359 e. The van der Waals surface area contributed by atoms with Gasteiger partial charge in [-0.15, -0.1) is 0 Å². The first-order valence-electron chi connectivity index (χ1n) is 7.64. The maximum absolute atomic E-state index is 12.0. The molecule has 0 unspecified atom stereocenters. The van der Waals surface area contributed by atoms with E-state index in [1.807, 2.05) is 20.8 Å². The van der Waals surface area contributed by atoms with Crippen molar-refractivity contribution in [2.24, 2.45) is 0 Å². The summed E-state index contributed by atoms with van der Waals surface area (Å²) in [5.74, 6) is -0.844. The third kappa shape index (κ3) is 5.48. The fraction of sp³-hybridized carbons (Fsp3) is 0.667. The Labute approximate surface area is 130 Å². The number of nitrogens with zero attached hydrogens (tertiary/aromatic N) is 1. The summed E-state index contributed by atoms with van der Waals surface area (Å²) in [5.41, 5.74) is -0.0331. The molecule has 0 aliphatic carbocycles. The van der Waals surface area contributed by atoms with Crippen molar-refractivity contribution in [3.8, 4) is 0 Å². The van der Waals surface area contributed by atoms with Gasteiger partial charge in [0.05, 0.1) is 13.2 Å². The van der Waals surface area contributed by atoms with Gasteiger partial charge >= 0.3 is 11.9 Å². The van der Waals surface area contributed by atoms with Crippen LogP contribution in [0.1, 0.15) is 66.8 Å². The minimum Gasteiger partial charge on any atom is -0.461 e. The van der Waals surface area contributed by atoms with Crippen molar-refractivity contribution in [3.63, 3.8) is 0 Å². The lowest BCUT2D eigenvalue weighted by Gasteiger charge is -2.03. The van der Waals surface area contributed by atoms with Crippen molar-refractivity contribution >= 4 is 11.9 Å². The number of carbonyl (C=O) groups excluding carboxylic acids is 2. The minimum absolute atomic E-state index is 0.0182. The number of nitrogens with one attached hydrogen (secondary N) is 1. The molecule has 22 heavy (non-hydrogen) atoms. The normalized spacial score (nSPS) is 10.5. The highest BCUT2D eigenvalue weighted by atomic mass is 16.5. The molecule has 1 aromatic rings. The van der Waals surface area contributed by atoms with Crippen LogP contribution in [0.4, 0.5) is 0 Å². The molecule has 0 spiro atoms. The van der Waals surface area contributed by atoms with Crippen LogP contribution < -0.4 is 0 Å². The lowest BCUT2D eigenvalue weighted by Crippen LogP contribution is -2.14. The summed E-state index contributed by atoms with van der Waals surface area (Å²) in [6, 6.07) is 0. The number of rotatable bonds is 10. The lowest BCUT2D eigenvalue weighted by atomic mass is 10.3. The highest BCUT2D eigenvalue weighted by Gasteiger charge is 2.25. The molecule has 0 atom stereocenters. The fourth-order valence-electron chi connectivity index (χ4n) is 1.63. The second kappa shape index (κ2) is 9.94. The van der Waals surface area contributed by atoms with Crippen LogP contribution >= 0.6 is 0 Å². The summed E-state index contributed by atoms with van der Waals surface area (Å²) in [6.07, 6.45) is 2.26. The quantitative estimate of drug-likeness (QED) is 0.527. The zero-order valence-corrected chi connectivity index (χ0v) is 13.4. The van der Waals surface area contributed by atoms with Crippen LogP contribution in [0, 0.1) is 0 Å². The van der Waals surface area contributed by atoms with Gasteiger partial charge < -0.3 is 19.2 Å². The summed E-state index contributed by atoms with van der Waals surface area (Å²) in [7, 11) is 0. The molecule has 1 rings (SSSR count). The third-order valence-electron chi connectivity index (χ3n) is 2.61. The number of aromatic amines is 1. The minimum atomic E-state index is -0.636. The Kier molecular flexibility index (Phi) is 8.21. The van der Waals surface area contributed by atoms with Gasteiger partial charge in [-0.2, -0.15) is 0 Å². The number of imidazole rings is 1. The highest BCUT2D eigenvalue weighted by Crippen LogP contribution is 2.11. The van der Waals surface area contributed by atoms with Crippen molar-refractivity contribution in [3.05, 3.63) is 17.2 Å². The maximum atomic E-state index is 12.0. The molecule has 0 fully saturated rings. The predicted octanol–water partition coefficient (Wildman–Crippen LogP) is 2.47. The average molecular weight is 312 g/mol. The summed E-state index contributed by atoms with van der Waals surface area (Å²) in [5, 5.41) is 0. The topological polar surface area (TPSA) is 90.5 Å². The molecular formula is C15H24N2O5. The summed E-state index contributed by atoms with van der Waals surface area (Å²) in [4.78, 5) is 30.9. The van der Waals surface area contributed by atoms with Crippen LogP contribution in [0.2, 0.25) is 0 Å². The van der Waals surface area contributed by atoms with Crippen molar-refractivity contribution < 1.29 is 23.8 Å². The van der Waals surface area contributed by atoms with Crippen LogP contribution in [0.25, 0.3) is 0 Å². The predicted molar refractivity (Wildman–Crippen MR) is 79.7 cm³/mol. The summed E-state index contributed by atoms with van der Waals surface area (Å²) >= 11 is 0. The number of carbonyl (C=O) groups is 2. The van der Waals surface area contributed by atoms with E-state index in [0.717, 1.165) is 6.42 Å². The fourth-order valence-corrected chi connectivity index (χ4v) is 1.63. The lowest BCUT2D eigenvalue weighted by molar-refractivity contribution is 0.0450. The maximum Gasteiger partial charge on any atom is 0.359 e. The van der Waals surface area contributed by atoms with Crippen molar-refractivity contribution in [1.82, 2.24) is 9.97 Å². The van der Waals surface area contributed by atoms with Crippen molar-refractivity contribution in [2.45, 2.75) is 46.6 Å².